The zero-order chi connectivity index (χ0) is 17.0. The molecule has 0 bridgehead atoms. The number of aromatic nitrogens is 2. The van der Waals surface area contributed by atoms with Gasteiger partial charge in [0.25, 0.3) is 0 Å². The van der Waals surface area contributed by atoms with Gasteiger partial charge in [0, 0.05) is 24.3 Å². The van der Waals surface area contributed by atoms with E-state index in [1.54, 1.807) is 0 Å². The van der Waals surface area contributed by atoms with Crippen molar-refractivity contribution >= 4 is 6.09 Å². The summed E-state index contributed by atoms with van der Waals surface area (Å²) in [6.45, 7) is 9.28. The summed E-state index contributed by atoms with van der Waals surface area (Å²) in [5, 5.41) is 11.2. The van der Waals surface area contributed by atoms with Gasteiger partial charge in [-0.05, 0) is 59.4 Å². The highest BCUT2D eigenvalue weighted by molar-refractivity contribution is 5.66. The van der Waals surface area contributed by atoms with Crippen LogP contribution in [0.5, 0.6) is 0 Å². The number of hydrogen-bond acceptors (Lipinski definition) is 4. The average molecular weight is 322 g/mol. The molecule has 0 unspecified atom stereocenters. The first-order valence-electron chi connectivity index (χ1n) is 8.48. The van der Waals surface area contributed by atoms with Crippen molar-refractivity contribution < 1.29 is 9.53 Å². The topological polar surface area (TPSA) is 68.2 Å². The first-order valence-corrected chi connectivity index (χ1v) is 8.48. The summed E-state index contributed by atoms with van der Waals surface area (Å²) in [5.74, 6) is 0. The van der Waals surface area contributed by atoms with Crippen LogP contribution in [0.1, 0.15) is 64.4 Å². The lowest BCUT2D eigenvalue weighted by Crippen LogP contribution is -2.27. The Kier molecular flexibility index (Phi) is 5.68. The molecule has 2 rings (SSSR count). The summed E-state index contributed by atoms with van der Waals surface area (Å²) >= 11 is 0. The number of amides is 1. The second-order valence-corrected chi connectivity index (χ2v) is 7.33. The molecule has 1 aromatic rings. The minimum absolute atomic E-state index is 0.0529. The van der Waals surface area contributed by atoms with E-state index in [9.17, 15) is 4.79 Å². The van der Waals surface area contributed by atoms with Crippen molar-refractivity contribution in [1.82, 2.24) is 20.4 Å². The summed E-state index contributed by atoms with van der Waals surface area (Å²) in [7, 11) is 1.38. The fraction of sp³-hybridized carbons (Fsp3) is 0.765. The second-order valence-electron chi connectivity index (χ2n) is 7.33. The van der Waals surface area contributed by atoms with E-state index >= 15 is 0 Å². The van der Waals surface area contributed by atoms with E-state index in [2.05, 4.69) is 53.8 Å². The molecule has 1 saturated carbocycles. The summed E-state index contributed by atoms with van der Waals surface area (Å²) in [4.78, 5) is 11.1. The van der Waals surface area contributed by atoms with Gasteiger partial charge in [-0.3, -0.25) is 4.68 Å². The number of methoxy groups -OCH3 is 1. The molecule has 6 heteroatoms. The number of aryl methyl sites for hydroxylation is 1. The van der Waals surface area contributed by atoms with Crippen LogP contribution in [0.2, 0.25) is 0 Å². The summed E-state index contributed by atoms with van der Waals surface area (Å²) in [6.07, 6.45) is 3.91. The monoisotopic (exact) mass is 322 g/mol. The van der Waals surface area contributed by atoms with E-state index in [1.165, 1.54) is 25.6 Å². The molecule has 1 aliphatic carbocycles. The van der Waals surface area contributed by atoms with E-state index in [0.717, 1.165) is 18.5 Å². The largest absolute Gasteiger partial charge is 0.453 e. The van der Waals surface area contributed by atoms with E-state index in [0.29, 0.717) is 12.6 Å². The van der Waals surface area contributed by atoms with Gasteiger partial charge in [0.05, 0.1) is 18.3 Å². The highest BCUT2D eigenvalue weighted by Gasteiger charge is 2.26. The van der Waals surface area contributed by atoms with E-state index in [1.807, 2.05) is 0 Å². The Hall–Kier alpha value is -1.56. The SMILES string of the molecule is COC(=O)NCCCc1cc([C@@H](C)NC2CC2)nn1C(C)(C)C. The zero-order valence-corrected chi connectivity index (χ0v) is 15.0. The Balaban J connectivity index is 2.00. The smallest absolute Gasteiger partial charge is 0.406 e. The molecule has 0 spiro atoms. The molecule has 0 radical (unpaired) electrons. The quantitative estimate of drug-likeness (QED) is 0.758. The van der Waals surface area contributed by atoms with E-state index in [4.69, 9.17) is 5.10 Å². The number of ether oxygens (including phenoxy) is 1. The fourth-order valence-electron chi connectivity index (χ4n) is 2.63. The number of nitrogens with zero attached hydrogens (tertiary/aromatic N) is 2. The average Bonchev–Trinajstić information content (AvgIpc) is 3.17. The molecule has 1 aliphatic rings. The van der Waals surface area contributed by atoms with Gasteiger partial charge in [0.15, 0.2) is 0 Å². The molecule has 23 heavy (non-hydrogen) atoms. The van der Waals surface area contributed by atoms with Gasteiger partial charge in [0.2, 0.25) is 0 Å². The van der Waals surface area contributed by atoms with E-state index in [-0.39, 0.29) is 17.7 Å². The van der Waals surface area contributed by atoms with Gasteiger partial charge < -0.3 is 15.4 Å². The molecule has 6 nitrogen and oxygen atoms in total. The lowest BCUT2D eigenvalue weighted by molar-refractivity contribution is 0.171. The maximum atomic E-state index is 11.1. The van der Waals surface area contributed by atoms with Gasteiger partial charge in [0.1, 0.15) is 0 Å². The number of carbonyl (C=O) groups is 1. The molecule has 0 aliphatic heterocycles. The zero-order valence-electron chi connectivity index (χ0n) is 15.0. The van der Waals surface area contributed by atoms with Crippen molar-refractivity contribution in [2.75, 3.05) is 13.7 Å². The van der Waals surface area contributed by atoms with Crippen molar-refractivity contribution in [2.45, 2.75) is 71.0 Å². The van der Waals surface area contributed by atoms with Crippen molar-refractivity contribution in [3.63, 3.8) is 0 Å². The summed E-state index contributed by atoms with van der Waals surface area (Å²) < 4.78 is 6.70. The first kappa shape index (κ1) is 17.8. The number of nitrogens with one attached hydrogen (secondary N) is 2. The molecule has 1 aromatic heterocycles. The maximum Gasteiger partial charge on any atom is 0.406 e. The molecule has 1 heterocycles. The number of alkyl carbamates (subject to hydrolysis) is 1. The Labute approximate surface area is 139 Å². The van der Waals surface area contributed by atoms with Crippen LogP contribution in [0.3, 0.4) is 0 Å². The number of rotatable bonds is 7. The standard InChI is InChI=1S/C17H30N4O2/c1-12(19-13-8-9-13)15-11-14(21(20-15)17(2,3)4)7-6-10-18-16(22)23-5/h11-13,19H,6-10H2,1-5H3,(H,18,22)/t12-/m1/s1. The maximum absolute atomic E-state index is 11.1. The van der Waals surface area contributed by atoms with Crippen LogP contribution >= 0.6 is 0 Å². The molecule has 1 atom stereocenters. The normalized spacial score (nSPS) is 16.2. The van der Waals surface area contributed by atoms with E-state index < -0.39 is 0 Å². The Bertz CT molecular complexity index is 529. The molecule has 1 fully saturated rings. The van der Waals surface area contributed by atoms with Crippen molar-refractivity contribution in [1.29, 1.82) is 0 Å². The van der Waals surface area contributed by atoms with Crippen LogP contribution in [-0.2, 0) is 16.7 Å². The lowest BCUT2D eigenvalue weighted by atomic mass is 10.1. The minimum Gasteiger partial charge on any atom is -0.453 e. The van der Waals surface area contributed by atoms with Gasteiger partial charge in [-0.2, -0.15) is 5.10 Å². The number of hydrogen-bond donors (Lipinski definition) is 2. The fourth-order valence-corrected chi connectivity index (χ4v) is 2.63. The van der Waals surface area contributed by atoms with Crippen molar-refractivity contribution in [3.8, 4) is 0 Å². The predicted octanol–water partition coefficient (Wildman–Crippen LogP) is 2.74. The summed E-state index contributed by atoms with van der Waals surface area (Å²) in [5.41, 5.74) is 2.26. The minimum atomic E-state index is -0.378. The lowest BCUT2D eigenvalue weighted by Gasteiger charge is -2.22. The van der Waals surface area contributed by atoms with Crippen molar-refractivity contribution in [2.24, 2.45) is 0 Å². The Morgan fingerprint density at radius 2 is 2.17 bits per heavy atom. The molecule has 1 amide bonds. The van der Waals surface area contributed by atoms with Crippen LogP contribution in [0, 0.1) is 0 Å². The third-order valence-corrected chi connectivity index (χ3v) is 4.01. The van der Waals surface area contributed by atoms with Crippen LogP contribution in [-0.4, -0.2) is 35.6 Å². The molecule has 0 aromatic carbocycles. The Morgan fingerprint density at radius 1 is 1.48 bits per heavy atom. The predicted molar refractivity (Wildman–Crippen MR) is 90.5 cm³/mol. The van der Waals surface area contributed by atoms with Crippen LogP contribution in [0.15, 0.2) is 6.07 Å². The van der Waals surface area contributed by atoms with Crippen LogP contribution in [0.25, 0.3) is 0 Å². The third kappa shape index (κ3) is 5.23. The molecule has 0 saturated heterocycles. The highest BCUT2D eigenvalue weighted by Crippen LogP contribution is 2.26. The van der Waals surface area contributed by atoms with Gasteiger partial charge in [-0.1, -0.05) is 0 Å². The molecule has 130 valence electrons. The Morgan fingerprint density at radius 3 is 2.74 bits per heavy atom. The van der Waals surface area contributed by atoms with Crippen molar-refractivity contribution in [3.05, 3.63) is 17.5 Å². The first-order chi connectivity index (χ1) is 10.8. The molecular formula is C17H30N4O2. The molecular weight excluding hydrogens is 292 g/mol. The van der Waals surface area contributed by atoms with Gasteiger partial charge in [-0.15, -0.1) is 0 Å². The third-order valence-electron chi connectivity index (χ3n) is 4.01. The van der Waals surface area contributed by atoms with Crippen LogP contribution in [0.4, 0.5) is 4.79 Å². The van der Waals surface area contributed by atoms with Gasteiger partial charge in [-0.25, -0.2) is 4.79 Å². The summed E-state index contributed by atoms with van der Waals surface area (Å²) in [6, 6.07) is 3.14. The second kappa shape index (κ2) is 7.34. The molecule has 2 N–H and O–H groups in total. The van der Waals surface area contributed by atoms with Crippen LogP contribution < -0.4 is 10.6 Å². The highest BCUT2D eigenvalue weighted by atomic mass is 16.5. The number of carbonyl (C=O) groups excluding carboxylic acids is 1. The van der Waals surface area contributed by atoms with Gasteiger partial charge >= 0.3 is 6.09 Å².